The van der Waals surface area contributed by atoms with Gasteiger partial charge in [0.15, 0.2) is 0 Å². The van der Waals surface area contributed by atoms with Gasteiger partial charge < -0.3 is 10.1 Å². The molecule has 1 aromatic carbocycles. The molecule has 1 heterocycles. The van der Waals surface area contributed by atoms with Gasteiger partial charge >= 0.3 is 12.1 Å². The first-order chi connectivity index (χ1) is 9.40. The summed E-state index contributed by atoms with van der Waals surface area (Å²) in [6.07, 6.45) is -3.40. The number of methoxy groups -OCH3 is 1. The molecule has 0 spiro atoms. The minimum Gasteiger partial charge on any atom is -0.467 e. The lowest BCUT2D eigenvalue weighted by Gasteiger charge is -2.10. The molecule has 1 atom stereocenters. The second-order valence-corrected chi connectivity index (χ2v) is 4.36. The van der Waals surface area contributed by atoms with Gasteiger partial charge in [-0.3, -0.25) is 4.99 Å². The van der Waals surface area contributed by atoms with Crippen molar-refractivity contribution in [3.63, 3.8) is 0 Å². The number of hydrogen-bond acceptors (Lipinski definition) is 4. The van der Waals surface area contributed by atoms with Gasteiger partial charge in [-0.2, -0.15) is 13.2 Å². The van der Waals surface area contributed by atoms with Crippen molar-refractivity contribution >= 4 is 29.9 Å². The molecule has 0 aliphatic carbocycles. The lowest BCUT2D eigenvalue weighted by Crippen LogP contribution is -2.17. The van der Waals surface area contributed by atoms with Crippen molar-refractivity contribution < 1.29 is 22.7 Å². The molecule has 0 saturated heterocycles. The van der Waals surface area contributed by atoms with E-state index in [1.54, 1.807) is 0 Å². The summed E-state index contributed by atoms with van der Waals surface area (Å²) in [6.45, 7) is 0. The van der Waals surface area contributed by atoms with Crippen LogP contribution < -0.4 is 5.32 Å². The predicted molar refractivity (Wildman–Crippen MR) is 74.8 cm³/mol. The van der Waals surface area contributed by atoms with Crippen molar-refractivity contribution in [3.8, 4) is 0 Å². The first-order valence-electron chi connectivity index (χ1n) is 5.99. The third-order valence-corrected chi connectivity index (χ3v) is 2.92. The molecule has 8 heteroatoms. The molecule has 2 rings (SSSR count). The molecule has 1 N–H and O–H groups in total. The monoisotopic (exact) mass is 322 g/mol. The van der Waals surface area contributed by atoms with Gasteiger partial charge in [-0.15, -0.1) is 12.4 Å². The number of ether oxygens (including phenoxy) is 1. The maximum Gasteiger partial charge on any atom is 0.416 e. The fourth-order valence-corrected chi connectivity index (χ4v) is 1.93. The van der Waals surface area contributed by atoms with E-state index in [2.05, 4.69) is 15.0 Å². The molecule has 1 aromatic rings. The normalized spacial score (nSPS) is 17.7. The van der Waals surface area contributed by atoms with Gasteiger partial charge in [-0.25, -0.2) is 4.79 Å². The zero-order valence-electron chi connectivity index (χ0n) is 11.1. The first kappa shape index (κ1) is 17.3. The molecule has 21 heavy (non-hydrogen) atoms. The first-order valence-corrected chi connectivity index (χ1v) is 5.99. The summed E-state index contributed by atoms with van der Waals surface area (Å²) >= 11 is 0. The van der Waals surface area contributed by atoms with Crippen LogP contribution in [0.4, 0.5) is 18.9 Å². The Morgan fingerprint density at radius 1 is 1.43 bits per heavy atom. The number of aliphatic imine (C=N–C) groups is 1. The third-order valence-electron chi connectivity index (χ3n) is 2.92. The average molecular weight is 323 g/mol. The van der Waals surface area contributed by atoms with E-state index < -0.39 is 23.8 Å². The van der Waals surface area contributed by atoms with Crippen LogP contribution in [0, 0.1) is 0 Å². The predicted octanol–water partition coefficient (Wildman–Crippen LogP) is 3.27. The van der Waals surface area contributed by atoms with E-state index >= 15 is 0 Å². The van der Waals surface area contributed by atoms with E-state index in [9.17, 15) is 18.0 Å². The van der Waals surface area contributed by atoms with E-state index in [1.807, 2.05) is 0 Å². The van der Waals surface area contributed by atoms with Gasteiger partial charge in [0.2, 0.25) is 0 Å². The Labute approximate surface area is 125 Å². The van der Waals surface area contributed by atoms with Crippen LogP contribution in [0.3, 0.4) is 0 Å². The number of nitrogens with one attached hydrogen (secondary N) is 1. The Morgan fingerprint density at radius 2 is 2.14 bits per heavy atom. The maximum atomic E-state index is 12.6. The second kappa shape index (κ2) is 6.80. The van der Waals surface area contributed by atoms with Crippen LogP contribution in [0.5, 0.6) is 0 Å². The lowest BCUT2D eigenvalue weighted by atomic mass is 10.2. The molecule has 116 valence electrons. The van der Waals surface area contributed by atoms with E-state index in [4.69, 9.17) is 0 Å². The van der Waals surface area contributed by atoms with Crippen molar-refractivity contribution in [2.45, 2.75) is 25.1 Å². The highest BCUT2D eigenvalue weighted by molar-refractivity contribution is 5.99. The zero-order valence-corrected chi connectivity index (χ0v) is 11.9. The number of anilines is 1. The van der Waals surface area contributed by atoms with Crippen molar-refractivity contribution in [3.05, 3.63) is 29.8 Å². The number of rotatable bonds is 2. The number of esters is 1. The lowest BCUT2D eigenvalue weighted by molar-refractivity contribution is -0.142. The van der Waals surface area contributed by atoms with Crippen LogP contribution >= 0.6 is 12.4 Å². The van der Waals surface area contributed by atoms with Gasteiger partial charge in [-0.1, -0.05) is 6.07 Å². The summed E-state index contributed by atoms with van der Waals surface area (Å²) in [5.74, 6) is 0.0468. The second-order valence-electron chi connectivity index (χ2n) is 4.36. The van der Waals surface area contributed by atoms with Gasteiger partial charge in [0.1, 0.15) is 11.9 Å². The van der Waals surface area contributed by atoms with Crippen LogP contribution in [0.25, 0.3) is 0 Å². The number of nitrogens with zero attached hydrogens (tertiary/aromatic N) is 1. The molecule has 0 saturated carbocycles. The number of carbonyl (C=O) groups is 1. The minimum absolute atomic E-state index is 0. The molecule has 1 aliphatic heterocycles. The highest BCUT2D eigenvalue weighted by Crippen LogP contribution is 2.31. The van der Waals surface area contributed by atoms with E-state index in [0.717, 1.165) is 12.1 Å². The van der Waals surface area contributed by atoms with Crippen LogP contribution in [-0.2, 0) is 15.7 Å². The molecule has 0 bridgehead atoms. The number of hydrogen-bond donors (Lipinski definition) is 1. The summed E-state index contributed by atoms with van der Waals surface area (Å²) in [5.41, 5.74) is -0.435. The quantitative estimate of drug-likeness (QED) is 0.850. The van der Waals surface area contributed by atoms with Crippen LogP contribution in [0.15, 0.2) is 29.3 Å². The summed E-state index contributed by atoms with van der Waals surface area (Å²) < 4.78 is 42.3. The number of benzene rings is 1. The molecule has 0 radical (unpaired) electrons. The topological polar surface area (TPSA) is 50.7 Å². The molecule has 0 amide bonds. The van der Waals surface area contributed by atoms with Gasteiger partial charge in [0.05, 0.1) is 12.7 Å². The molecule has 0 fully saturated rings. The molecular weight excluding hydrogens is 309 g/mol. The maximum absolute atomic E-state index is 12.6. The van der Waals surface area contributed by atoms with Crippen molar-refractivity contribution in [1.29, 1.82) is 0 Å². The summed E-state index contributed by atoms with van der Waals surface area (Å²) in [4.78, 5) is 15.4. The summed E-state index contributed by atoms with van der Waals surface area (Å²) in [6, 6.07) is 4.27. The number of alkyl halides is 3. The van der Waals surface area contributed by atoms with Gasteiger partial charge in [-0.05, 0) is 24.6 Å². The summed E-state index contributed by atoms with van der Waals surface area (Å²) in [5, 5.41) is 2.80. The average Bonchev–Trinajstić information content (AvgIpc) is 2.85. The number of amidine groups is 1. The van der Waals surface area contributed by atoms with Gasteiger partial charge in [0.25, 0.3) is 0 Å². The molecule has 1 aliphatic rings. The molecule has 1 unspecified atom stereocenters. The SMILES string of the molecule is COC(=O)C1CCC(Nc2cccc(C(F)(F)F)c2)=N1.Cl. The van der Waals surface area contributed by atoms with E-state index in [-0.39, 0.29) is 12.4 Å². The molecular formula is C13H14ClF3N2O2. The minimum atomic E-state index is -4.39. The molecule has 4 nitrogen and oxygen atoms in total. The van der Waals surface area contributed by atoms with Crippen LogP contribution in [0.1, 0.15) is 18.4 Å². The Hall–Kier alpha value is -1.76. The number of carbonyl (C=O) groups excluding carboxylic acids is 1. The Balaban J connectivity index is 0.00000220. The van der Waals surface area contributed by atoms with Crippen LogP contribution in [0.2, 0.25) is 0 Å². The van der Waals surface area contributed by atoms with Crippen molar-refractivity contribution in [2.75, 3.05) is 12.4 Å². The zero-order chi connectivity index (χ0) is 14.8. The smallest absolute Gasteiger partial charge is 0.416 e. The van der Waals surface area contributed by atoms with E-state index in [0.29, 0.717) is 24.4 Å². The fraction of sp³-hybridized carbons (Fsp3) is 0.385. The highest BCUT2D eigenvalue weighted by atomic mass is 35.5. The van der Waals surface area contributed by atoms with Gasteiger partial charge in [0, 0.05) is 12.1 Å². The van der Waals surface area contributed by atoms with Crippen LogP contribution in [-0.4, -0.2) is 25.0 Å². The Kier molecular flexibility index (Phi) is 5.60. The Bertz CT molecular complexity index is 546. The fourth-order valence-electron chi connectivity index (χ4n) is 1.93. The largest absolute Gasteiger partial charge is 0.467 e. The number of halogens is 4. The summed E-state index contributed by atoms with van der Waals surface area (Å²) in [7, 11) is 1.27. The molecule has 0 aromatic heterocycles. The standard InChI is InChI=1S/C13H13F3N2O2.ClH/c1-20-12(19)10-5-6-11(18-10)17-9-4-2-3-8(7-9)13(14,15)16;/h2-4,7,10H,5-6H2,1H3,(H,17,18);1H. The Morgan fingerprint density at radius 3 is 2.76 bits per heavy atom. The van der Waals surface area contributed by atoms with Crippen molar-refractivity contribution in [1.82, 2.24) is 0 Å². The van der Waals surface area contributed by atoms with E-state index in [1.165, 1.54) is 19.2 Å². The third kappa shape index (κ3) is 4.35. The highest BCUT2D eigenvalue weighted by Gasteiger charge is 2.30. The van der Waals surface area contributed by atoms with Crippen molar-refractivity contribution in [2.24, 2.45) is 4.99 Å².